The molecule has 0 amide bonds. The van der Waals surface area contributed by atoms with E-state index < -0.39 is 0 Å². The van der Waals surface area contributed by atoms with Gasteiger partial charge in [0.15, 0.2) is 0 Å². The minimum atomic E-state index is 0. The molecule has 0 atom stereocenters. The third kappa shape index (κ3) is 344. The third-order valence-electron chi connectivity index (χ3n) is 0. The van der Waals surface area contributed by atoms with E-state index in [0.717, 1.165) is 0 Å². The molecule has 0 heterocycles. The first kappa shape index (κ1) is 65.2. The fraction of sp³-hybridized carbons (Fsp3) is 0.500. The topological polar surface area (TPSA) is 0 Å². The number of hydrogen-bond acceptors (Lipinski definition) is 2. The Morgan fingerprint density at radius 3 is 0.500 bits per heavy atom. The maximum absolute atomic E-state index is 2.04. The summed E-state index contributed by atoms with van der Waals surface area (Å²) in [7, 11) is 0. The molecule has 0 N–H and O–H groups in total. The summed E-state index contributed by atoms with van der Waals surface area (Å²) in [5, 5.41) is 0. The Kier molecular flexibility index (Phi) is 623. The van der Waals surface area contributed by atoms with Gasteiger partial charge in [-0.3, -0.25) is 0 Å². The van der Waals surface area contributed by atoms with Gasteiger partial charge in [0.05, 0.1) is 0 Å². The Morgan fingerprint density at radius 2 is 0.500 bits per heavy atom. The van der Waals surface area contributed by atoms with Crippen molar-refractivity contribution in [1.82, 2.24) is 0 Å². The first-order valence-electron chi connectivity index (χ1n) is 1.63. The zero-order valence-electron chi connectivity index (χ0n) is 9.45. The minimum Gasteiger partial charge on any atom is -0.358 e. The van der Waals surface area contributed by atoms with Gasteiger partial charge in [0.1, 0.15) is 0 Å². The largest absolute Gasteiger partial charge is 2.00 e. The predicted octanol–water partition coefficient (Wildman–Crippen LogP) is 3.75. The van der Waals surface area contributed by atoms with E-state index in [2.05, 4.69) is 0 Å². The van der Waals surface area contributed by atoms with Gasteiger partial charge in [0, 0.05) is 0 Å². The molecule has 0 bridgehead atoms. The number of hydrogen-bond donors (Lipinski definition) is 0. The first-order valence-corrected chi connectivity index (χ1v) is 4.90. The van der Waals surface area contributed by atoms with Gasteiger partial charge < -0.3 is 29.7 Å². The van der Waals surface area contributed by atoms with Crippen molar-refractivity contribution in [2.24, 2.45) is 0 Å². The molecule has 0 aliphatic rings. The second-order valence-electron chi connectivity index (χ2n) is 0.816. The van der Waals surface area contributed by atoms with E-state index in [1.807, 2.05) is 25.0 Å². The van der Waals surface area contributed by atoms with Crippen LogP contribution in [0.3, 0.4) is 0 Å². The summed E-state index contributed by atoms with van der Waals surface area (Å²) in [6.45, 7) is 0. The van der Waals surface area contributed by atoms with Crippen LogP contribution in [0.2, 0.25) is 0 Å². The van der Waals surface area contributed by atoms with Crippen molar-refractivity contribution in [1.29, 1.82) is 0 Å². The van der Waals surface area contributed by atoms with Crippen LogP contribution in [-0.4, -0.2) is 25.0 Å². The van der Waals surface area contributed by atoms with E-state index in [9.17, 15) is 0 Å². The monoisotopic (exact) mass is 574 g/mol. The molecule has 0 rings (SSSR count). The SMILES string of the molecule is CSC.CSC.[CH3-].[CH3-].[CH3-].[CH3-].[Pt+2].[Pt+2]. The van der Waals surface area contributed by atoms with Gasteiger partial charge in [0.25, 0.3) is 0 Å². The van der Waals surface area contributed by atoms with Crippen LogP contribution in [0, 0.1) is 29.7 Å². The molecule has 0 unspecified atom stereocenters. The van der Waals surface area contributed by atoms with Crippen molar-refractivity contribution in [3.8, 4) is 0 Å². The molecule has 0 aromatic heterocycles. The van der Waals surface area contributed by atoms with Crippen LogP contribution in [0.1, 0.15) is 0 Å². The van der Waals surface area contributed by atoms with E-state index >= 15 is 0 Å². The van der Waals surface area contributed by atoms with Crippen molar-refractivity contribution in [3.63, 3.8) is 0 Å². The van der Waals surface area contributed by atoms with E-state index in [-0.39, 0.29) is 71.8 Å². The standard InChI is InChI=1S/2C2H6S.4CH3.2Pt/c2*1-3-2;;;;;;/h2*1-2H3;4*1H3;;/q;;4*-1;2*+2. The molecule has 12 heavy (non-hydrogen) atoms. The fourth-order valence-corrected chi connectivity index (χ4v) is 0. The zero-order valence-corrected chi connectivity index (χ0v) is 15.6. The van der Waals surface area contributed by atoms with Crippen molar-refractivity contribution < 1.29 is 42.1 Å². The van der Waals surface area contributed by atoms with E-state index in [1.165, 1.54) is 0 Å². The Hall–Kier alpha value is 2.08. The Morgan fingerprint density at radius 1 is 0.500 bits per heavy atom. The van der Waals surface area contributed by atoms with Crippen LogP contribution in [0.5, 0.6) is 0 Å². The molecule has 0 saturated carbocycles. The Bertz CT molecular complexity index is 17.0. The van der Waals surface area contributed by atoms with Crippen molar-refractivity contribution >= 4 is 23.5 Å². The van der Waals surface area contributed by atoms with Crippen LogP contribution < -0.4 is 0 Å². The van der Waals surface area contributed by atoms with Crippen molar-refractivity contribution in [2.75, 3.05) is 25.0 Å². The van der Waals surface area contributed by atoms with Gasteiger partial charge in [-0.25, -0.2) is 0 Å². The van der Waals surface area contributed by atoms with Crippen LogP contribution in [-0.2, 0) is 42.1 Å². The summed E-state index contributed by atoms with van der Waals surface area (Å²) in [5.74, 6) is 0. The molecule has 0 nitrogen and oxygen atoms in total. The summed E-state index contributed by atoms with van der Waals surface area (Å²) in [6, 6.07) is 0. The molecule has 0 saturated heterocycles. The molecule has 0 aliphatic carbocycles. The molecule has 4 heteroatoms. The summed E-state index contributed by atoms with van der Waals surface area (Å²) in [4.78, 5) is 0. The first-order chi connectivity index (χ1) is 2.83. The zero-order chi connectivity index (χ0) is 5.41. The number of thioether (sulfide) groups is 2. The average Bonchev–Trinajstić information content (AvgIpc) is 1.39. The van der Waals surface area contributed by atoms with Crippen LogP contribution >= 0.6 is 23.5 Å². The fourth-order valence-electron chi connectivity index (χ4n) is 0. The molecule has 0 spiro atoms. The molecule has 0 aromatic rings. The van der Waals surface area contributed by atoms with Gasteiger partial charge in [0.2, 0.25) is 0 Å². The molecule has 0 aliphatic heterocycles. The van der Waals surface area contributed by atoms with Crippen molar-refractivity contribution in [3.05, 3.63) is 29.7 Å². The summed E-state index contributed by atoms with van der Waals surface area (Å²) in [5.41, 5.74) is 0. The number of rotatable bonds is 0. The van der Waals surface area contributed by atoms with Gasteiger partial charge in [-0.15, -0.1) is 0 Å². The molecule has 0 fully saturated rings. The quantitative estimate of drug-likeness (QED) is 0.405. The summed E-state index contributed by atoms with van der Waals surface area (Å²) < 4.78 is 0. The van der Waals surface area contributed by atoms with Crippen LogP contribution in [0.4, 0.5) is 0 Å². The predicted molar refractivity (Wildman–Crippen MR) is 64.5 cm³/mol. The van der Waals surface area contributed by atoms with Crippen LogP contribution in [0.25, 0.3) is 0 Å². The summed E-state index contributed by atoms with van der Waals surface area (Å²) >= 11 is 3.50. The van der Waals surface area contributed by atoms with E-state index in [1.54, 1.807) is 23.5 Å². The molecule has 88 valence electrons. The Labute approximate surface area is 119 Å². The molecule has 0 aromatic carbocycles. The van der Waals surface area contributed by atoms with Gasteiger partial charge in [-0.2, -0.15) is 23.5 Å². The van der Waals surface area contributed by atoms with Crippen LogP contribution in [0.15, 0.2) is 0 Å². The maximum Gasteiger partial charge on any atom is 2.00 e. The smallest absolute Gasteiger partial charge is 0.358 e. The van der Waals surface area contributed by atoms with E-state index in [0.29, 0.717) is 0 Å². The maximum atomic E-state index is 2.04. The van der Waals surface area contributed by atoms with E-state index in [4.69, 9.17) is 0 Å². The molecule has 0 radical (unpaired) electrons. The van der Waals surface area contributed by atoms with Gasteiger partial charge in [-0.05, 0) is 25.0 Å². The molecular formula is C8H24Pt2S2. The van der Waals surface area contributed by atoms with Gasteiger partial charge >= 0.3 is 42.1 Å². The third-order valence-corrected chi connectivity index (χ3v) is 0. The average molecular weight is 575 g/mol. The second-order valence-corrected chi connectivity index (χ2v) is 2.45. The normalized spacial score (nSPS) is 3.00. The van der Waals surface area contributed by atoms with Gasteiger partial charge in [-0.1, -0.05) is 0 Å². The van der Waals surface area contributed by atoms with Crippen molar-refractivity contribution in [2.45, 2.75) is 0 Å². The minimum absolute atomic E-state index is 0. The molecular weight excluding hydrogens is 550 g/mol. The summed E-state index contributed by atoms with van der Waals surface area (Å²) in [6.07, 6.45) is 8.17. The Balaban J connectivity index is -0.00000000296. The second kappa shape index (κ2) is 115.